The molecule has 37 heavy (non-hydrogen) atoms. The molecule has 0 aliphatic carbocycles. The number of halogens is 1. The smallest absolute Gasteiger partial charge is 0.238 e. The van der Waals surface area contributed by atoms with E-state index in [0.29, 0.717) is 45.4 Å². The Kier molecular flexibility index (Phi) is 10.2. The highest BCUT2D eigenvalue weighted by atomic mass is 32.2. The molecule has 0 radical (unpaired) electrons. The minimum atomic E-state index is -3.51. The van der Waals surface area contributed by atoms with Gasteiger partial charge >= 0.3 is 0 Å². The third-order valence-corrected chi connectivity index (χ3v) is 8.82. The lowest BCUT2D eigenvalue weighted by atomic mass is 10.00. The quantitative estimate of drug-likeness (QED) is 0.442. The number of likely N-dealkylation sites (tertiary alicyclic amines) is 1. The van der Waals surface area contributed by atoms with Gasteiger partial charge in [0.05, 0.1) is 18.7 Å². The normalized spacial score (nSPS) is 14.7. The maximum Gasteiger partial charge on any atom is 0.238 e. The summed E-state index contributed by atoms with van der Waals surface area (Å²) in [6, 6.07) is 13.7. The second-order valence-electron chi connectivity index (χ2n) is 9.60. The highest BCUT2D eigenvalue weighted by molar-refractivity contribution is 7.89. The van der Waals surface area contributed by atoms with E-state index in [1.807, 2.05) is 38.1 Å². The Labute approximate surface area is 220 Å². The molecule has 9 heteroatoms. The summed E-state index contributed by atoms with van der Waals surface area (Å²) in [5.74, 6) is -0.624. The maximum atomic E-state index is 13.6. The fourth-order valence-corrected chi connectivity index (χ4v) is 5.83. The lowest BCUT2D eigenvalue weighted by Gasteiger charge is -2.39. The standard InChI is InChI=1S/C28H38FN3O4S/c1-4-16-31(37(35,36)5-2)21-28(34)32(20-24-9-7-6-8-22(24)3)26-14-17-30(18-15-26)27(33)19-23-10-12-25(29)13-11-23/h6-13,26H,4-5,14-21H2,1-3H3. The number of amides is 2. The first-order chi connectivity index (χ1) is 17.6. The first kappa shape index (κ1) is 28.8. The van der Waals surface area contributed by atoms with Crippen LogP contribution in [0.2, 0.25) is 0 Å². The van der Waals surface area contributed by atoms with Gasteiger partial charge in [-0.15, -0.1) is 0 Å². The highest BCUT2D eigenvalue weighted by Gasteiger charge is 2.32. The van der Waals surface area contributed by atoms with Gasteiger partial charge in [0.1, 0.15) is 5.82 Å². The van der Waals surface area contributed by atoms with Crippen LogP contribution in [0.4, 0.5) is 4.39 Å². The van der Waals surface area contributed by atoms with E-state index >= 15 is 0 Å². The van der Waals surface area contributed by atoms with Gasteiger partial charge in [-0.25, -0.2) is 12.8 Å². The van der Waals surface area contributed by atoms with Crippen LogP contribution >= 0.6 is 0 Å². The van der Waals surface area contributed by atoms with Gasteiger partial charge < -0.3 is 9.80 Å². The molecule has 0 atom stereocenters. The largest absolute Gasteiger partial charge is 0.342 e. The Hall–Kier alpha value is -2.78. The molecule has 1 fully saturated rings. The molecule has 2 aromatic rings. The zero-order valence-electron chi connectivity index (χ0n) is 22.0. The van der Waals surface area contributed by atoms with Gasteiger partial charge in [-0.2, -0.15) is 4.31 Å². The monoisotopic (exact) mass is 531 g/mol. The molecule has 2 aromatic carbocycles. The van der Waals surface area contributed by atoms with E-state index in [-0.39, 0.29) is 42.4 Å². The molecular formula is C28H38FN3O4S. The number of nitrogens with zero attached hydrogens (tertiary/aromatic N) is 3. The molecule has 0 unspecified atom stereocenters. The fraction of sp³-hybridized carbons (Fsp3) is 0.500. The van der Waals surface area contributed by atoms with Gasteiger partial charge in [-0.1, -0.05) is 43.3 Å². The van der Waals surface area contributed by atoms with Crippen molar-refractivity contribution in [1.29, 1.82) is 0 Å². The minimum Gasteiger partial charge on any atom is -0.342 e. The highest BCUT2D eigenvalue weighted by Crippen LogP contribution is 2.22. The van der Waals surface area contributed by atoms with Crippen molar-refractivity contribution < 1.29 is 22.4 Å². The number of benzene rings is 2. The van der Waals surface area contributed by atoms with Crippen LogP contribution in [0.3, 0.4) is 0 Å². The number of carbonyl (C=O) groups excluding carboxylic acids is 2. The molecular weight excluding hydrogens is 493 g/mol. The Morgan fingerprint density at radius 1 is 1.03 bits per heavy atom. The molecule has 3 rings (SSSR count). The van der Waals surface area contributed by atoms with Crippen molar-refractivity contribution in [3.63, 3.8) is 0 Å². The molecule has 0 bridgehead atoms. The van der Waals surface area contributed by atoms with Crippen LogP contribution in [-0.4, -0.2) is 72.3 Å². The molecule has 1 heterocycles. The Morgan fingerprint density at radius 3 is 2.27 bits per heavy atom. The predicted molar refractivity (Wildman–Crippen MR) is 143 cm³/mol. The fourth-order valence-electron chi connectivity index (χ4n) is 4.70. The van der Waals surface area contributed by atoms with Crippen molar-refractivity contribution in [2.75, 3.05) is 31.9 Å². The van der Waals surface area contributed by atoms with Gasteiger partial charge in [-0.05, 0) is 61.9 Å². The average Bonchev–Trinajstić information content (AvgIpc) is 2.89. The zero-order chi connectivity index (χ0) is 27.0. The van der Waals surface area contributed by atoms with Gasteiger partial charge in [0.2, 0.25) is 21.8 Å². The molecule has 1 aliphatic rings. The Balaban J connectivity index is 1.73. The van der Waals surface area contributed by atoms with Crippen LogP contribution in [-0.2, 0) is 32.6 Å². The van der Waals surface area contributed by atoms with Gasteiger partial charge in [-0.3, -0.25) is 9.59 Å². The first-order valence-electron chi connectivity index (χ1n) is 13.0. The van der Waals surface area contributed by atoms with Crippen molar-refractivity contribution in [2.45, 2.75) is 59.0 Å². The average molecular weight is 532 g/mol. The number of rotatable bonds is 11. The summed E-state index contributed by atoms with van der Waals surface area (Å²) in [5.41, 5.74) is 2.85. The summed E-state index contributed by atoms with van der Waals surface area (Å²) in [6.07, 6.45) is 2.05. The van der Waals surface area contributed by atoms with Gasteiger partial charge in [0.15, 0.2) is 0 Å². The van der Waals surface area contributed by atoms with Crippen LogP contribution < -0.4 is 0 Å². The molecule has 1 saturated heterocycles. The van der Waals surface area contributed by atoms with E-state index in [4.69, 9.17) is 0 Å². The number of hydrogen-bond acceptors (Lipinski definition) is 4. The number of hydrogen-bond donors (Lipinski definition) is 0. The van der Waals surface area contributed by atoms with E-state index in [2.05, 4.69) is 0 Å². The number of aryl methyl sites for hydroxylation is 1. The van der Waals surface area contributed by atoms with Crippen LogP contribution in [0, 0.1) is 12.7 Å². The first-order valence-corrected chi connectivity index (χ1v) is 14.6. The second kappa shape index (κ2) is 13.1. The van der Waals surface area contributed by atoms with Gasteiger partial charge in [0.25, 0.3) is 0 Å². The molecule has 0 spiro atoms. The molecule has 0 saturated carbocycles. The summed E-state index contributed by atoms with van der Waals surface area (Å²) in [6.45, 7) is 7.02. The number of sulfonamides is 1. The molecule has 0 N–H and O–H groups in total. The van der Waals surface area contributed by atoms with Crippen LogP contribution in [0.15, 0.2) is 48.5 Å². The second-order valence-corrected chi connectivity index (χ2v) is 11.9. The van der Waals surface area contributed by atoms with E-state index < -0.39 is 10.0 Å². The van der Waals surface area contributed by atoms with Gasteiger partial charge in [0, 0.05) is 32.2 Å². The lowest BCUT2D eigenvalue weighted by Crippen LogP contribution is -2.51. The van der Waals surface area contributed by atoms with Crippen molar-refractivity contribution in [2.24, 2.45) is 0 Å². The van der Waals surface area contributed by atoms with E-state index in [9.17, 15) is 22.4 Å². The summed E-state index contributed by atoms with van der Waals surface area (Å²) < 4.78 is 39.7. The number of carbonyl (C=O) groups is 2. The summed E-state index contributed by atoms with van der Waals surface area (Å²) in [7, 11) is -3.51. The number of piperidine rings is 1. The summed E-state index contributed by atoms with van der Waals surface area (Å²) in [5, 5.41) is 0. The molecule has 2 amide bonds. The molecule has 202 valence electrons. The molecule has 7 nitrogen and oxygen atoms in total. The molecule has 1 aliphatic heterocycles. The van der Waals surface area contributed by atoms with Crippen molar-refractivity contribution >= 4 is 21.8 Å². The SMILES string of the molecule is CCCN(CC(=O)N(Cc1ccccc1C)C1CCN(C(=O)Cc2ccc(F)cc2)CC1)S(=O)(=O)CC. The molecule has 0 aromatic heterocycles. The van der Waals surface area contributed by atoms with Crippen molar-refractivity contribution in [1.82, 2.24) is 14.1 Å². The summed E-state index contributed by atoms with van der Waals surface area (Å²) >= 11 is 0. The van der Waals surface area contributed by atoms with Crippen molar-refractivity contribution in [3.8, 4) is 0 Å². The van der Waals surface area contributed by atoms with E-state index in [1.54, 1.807) is 28.9 Å². The van der Waals surface area contributed by atoms with E-state index in [0.717, 1.165) is 16.7 Å². The lowest BCUT2D eigenvalue weighted by molar-refractivity contribution is -0.137. The van der Waals surface area contributed by atoms with Crippen LogP contribution in [0.1, 0.15) is 49.8 Å². The Morgan fingerprint density at radius 2 is 1.68 bits per heavy atom. The van der Waals surface area contributed by atoms with Crippen LogP contribution in [0.25, 0.3) is 0 Å². The maximum absolute atomic E-state index is 13.6. The van der Waals surface area contributed by atoms with Crippen molar-refractivity contribution in [3.05, 3.63) is 71.0 Å². The third-order valence-electron chi connectivity index (χ3n) is 6.99. The zero-order valence-corrected chi connectivity index (χ0v) is 22.8. The Bertz CT molecular complexity index is 1160. The van der Waals surface area contributed by atoms with Crippen LogP contribution in [0.5, 0.6) is 0 Å². The summed E-state index contributed by atoms with van der Waals surface area (Å²) in [4.78, 5) is 30.0. The third kappa shape index (κ3) is 7.85. The topological polar surface area (TPSA) is 78.0 Å². The van der Waals surface area contributed by atoms with E-state index in [1.165, 1.54) is 16.4 Å². The minimum absolute atomic E-state index is 0.0231. The predicted octanol–water partition coefficient (Wildman–Crippen LogP) is 3.76.